The lowest BCUT2D eigenvalue weighted by Crippen LogP contribution is -2.47. The molecule has 16 heteroatoms. The van der Waals surface area contributed by atoms with Gasteiger partial charge < -0.3 is 24.3 Å². The highest BCUT2D eigenvalue weighted by Gasteiger charge is 2.52. The standard InChI is InChI=1S/C35H41BF3N5O6S/c1-32(2,3)48-31(45)43-17-11-12-23(20-43)41-30-40-19-27(35(37,38)39)29(42-30)26-21-44(51(46,47)24-13-9-8-10-14-24)28-18-22(15-16-25(26)28)36-49-33(4,5)34(6,7)50-36/h8-10,13-16,18-19,21,23H,11-12,17,20H2,1-7H3,(H,40,41,42)/t23-/m0/s1. The van der Waals surface area contributed by atoms with Gasteiger partial charge in [-0.05, 0) is 85.0 Å². The number of carbonyl (C=O) groups excluding carboxylic acids is 1. The van der Waals surface area contributed by atoms with E-state index in [1.165, 1.54) is 17.0 Å². The molecule has 1 N–H and O–H groups in total. The van der Waals surface area contributed by atoms with Gasteiger partial charge in [0.1, 0.15) is 11.2 Å². The van der Waals surface area contributed by atoms with Gasteiger partial charge >= 0.3 is 19.4 Å². The fraction of sp³-hybridized carbons (Fsp3) is 0.457. The van der Waals surface area contributed by atoms with Gasteiger partial charge in [0.15, 0.2) is 0 Å². The molecule has 2 aromatic carbocycles. The lowest BCUT2D eigenvalue weighted by molar-refractivity contribution is -0.137. The van der Waals surface area contributed by atoms with Gasteiger partial charge in [0.2, 0.25) is 5.95 Å². The van der Waals surface area contributed by atoms with Gasteiger partial charge in [0.25, 0.3) is 10.0 Å². The quantitative estimate of drug-likeness (QED) is 0.223. The average molecular weight is 728 g/mol. The Bertz CT molecular complexity index is 2050. The fourth-order valence-corrected chi connectivity index (χ4v) is 7.45. The molecule has 0 saturated carbocycles. The van der Waals surface area contributed by atoms with Crippen molar-refractivity contribution in [3.05, 3.63) is 66.5 Å². The minimum atomic E-state index is -4.87. The molecule has 272 valence electrons. The number of fused-ring (bicyclic) bond motifs is 1. The van der Waals surface area contributed by atoms with Crippen molar-refractivity contribution in [2.75, 3.05) is 18.4 Å². The van der Waals surface area contributed by atoms with Gasteiger partial charge in [-0.25, -0.2) is 27.2 Å². The highest BCUT2D eigenvalue weighted by Crippen LogP contribution is 2.41. The number of piperidine rings is 1. The number of carbonyl (C=O) groups is 1. The molecule has 11 nitrogen and oxygen atoms in total. The van der Waals surface area contributed by atoms with Crippen molar-refractivity contribution in [3.63, 3.8) is 0 Å². The third kappa shape index (κ3) is 7.31. The summed E-state index contributed by atoms with van der Waals surface area (Å²) in [6, 6.07) is 12.0. The van der Waals surface area contributed by atoms with E-state index in [9.17, 15) is 26.4 Å². The van der Waals surface area contributed by atoms with E-state index in [0.29, 0.717) is 31.0 Å². The molecule has 0 radical (unpaired) electrons. The number of nitrogens with zero attached hydrogens (tertiary/aromatic N) is 4. The first-order valence-electron chi connectivity index (χ1n) is 16.7. The third-order valence-corrected chi connectivity index (χ3v) is 11.1. The van der Waals surface area contributed by atoms with Crippen molar-refractivity contribution >= 4 is 45.5 Å². The van der Waals surface area contributed by atoms with Gasteiger partial charge in [-0.2, -0.15) is 13.2 Å². The average Bonchev–Trinajstić information content (AvgIpc) is 3.53. The molecule has 0 bridgehead atoms. The van der Waals surface area contributed by atoms with Crippen LogP contribution in [0.4, 0.5) is 23.9 Å². The van der Waals surface area contributed by atoms with E-state index >= 15 is 0 Å². The van der Waals surface area contributed by atoms with E-state index in [0.717, 1.165) is 10.2 Å². The largest absolute Gasteiger partial charge is 0.494 e. The van der Waals surface area contributed by atoms with Crippen molar-refractivity contribution < 1.29 is 40.4 Å². The molecule has 2 aliphatic rings. The number of likely N-dealkylation sites (tertiary alicyclic amines) is 1. The van der Waals surface area contributed by atoms with Gasteiger partial charge in [0, 0.05) is 42.5 Å². The maximum absolute atomic E-state index is 14.6. The number of nitrogens with one attached hydrogen (secondary N) is 1. The van der Waals surface area contributed by atoms with Gasteiger partial charge in [-0.15, -0.1) is 0 Å². The molecule has 2 saturated heterocycles. The topological polar surface area (TPSA) is 125 Å². The van der Waals surface area contributed by atoms with Crippen LogP contribution in [0.5, 0.6) is 0 Å². The number of aromatic nitrogens is 3. The Kier molecular flexibility index (Phi) is 9.21. The molecular formula is C35H41BF3N5O6S. The Labute approximate surface area is 295 Å². The summed E-state index contributed by atoms with van der Waals surface area (Å²) in [5, 5.41) is 3.30. The molecule has 4 heterocycles. The smallest absolute Gasteiger partial charge is 0.444 e. The third-order valence-electron chi connectivity index (χ3n) is 9.38. The van der Waals surface area contributed by atoms with E-state index < -0.39 is 57.5 Å². The molecule has 1 atom stereocenters. The van der Waals surface area contributed by atoms with Crippen LogP contribution in [0.25, 0.3) is 22.2 Å². The van der Waals surface area contributed by atoms with Crippen LogP contribution in [0.15, 0.2) is 65.8 Å². The zero-order valence-corrected chi connectivity index (χ0v) is 30.4. The molecule has 2 aromatic heterocycles. The van der Waals surface area contributed by atoms with Crippen molar-refractivity contribution in [2.24, 2.45) is 0 Å². The summed E-state index contributed by atoms with van der Waals surface area (Å²) in [5.41, 5.74) is -3.18. The number of hydrogen-bond acceptors (Lipinski definition) is 9. The monoisotopic (exact) mass is 727 g/mol. The van der Waals surface area contributed by atoms with Crippen LogP contribution in [0.3, 0.4) is 0 Å². The molecule has 4 aromatic rings. The predicted octanol–water partition coefficient (Wildman–Crippen LogP) is 6.46. The van der Waals surface area contributed by atoms with Crippen LogP contribution in [-0.2, 0) is 30.2 Å². The molecule has 2 fully saturated rings. The van der Waals surface area contributed by atoms with E-state index in [2.05, 4.69) is 15.3 Å². The molecule has 1 amide bonds. The maximum Gasteiger partial charge on any atom is 0.494 e. The van der Waals surface area contributed by atoms with E-state index in [-0.39, 0.29) is 39.9 Å². The summed E-state index contributed by atoms with van der Waals surface area (Å²) in [6.07, 6.45) is -2.28. The Morgan fingerprint density at radius 1 is 1.04 bits per heavy atom. The van der Waals surface area contributed by atoms with Crippen LogP contribution in [0, 0.1) is 0 Å². The fourth-order valence-electron chi connectivity index (χ4n) is 6.07. The summed E-state index contributed by atoms with van der Waals surface area (Å²) < 4.78 is 90.9. The predicted molar refractivity (Wildman–Crippen MR) is 187 cm³/mol. The first-order chi connectivity index (χ1) is 23.7. The van der Waals surface area contributed by atoms with E-state index in [4.69, 9.17) is 14.0 Å². The Morgan fingerprint density at radius 3 is 2.33 bits per heavy atom. The van der Waals surface area contributed by atoms with Crippen molar-refractivity contribution in [3.8, 4) is 11.3 Å². The zero-order valence-electron chi connectivity index (χ0n) is 29.5. The maximum atomic E-state index is 14.6. The SMILES string of the molecule is CC(C)(C)OC(=O)N1CCC[C@H](Nc2ncc(C(F)(F)F)c(-c3cn(S(=O)(=O)c4ccccc4)c4cc(B5OC(C)(C)C(C)(C)O5)ccc34)n2)C1. The number of benzene rings is 2. The van der Waals surface area contributed by atoms with Crippen molar-refractivity contribution in [1.82, 2.24) is 18.8 Å². The summed E-state index contributed by atoms with van der Waals surface area (Å²) in [5.74, 6) is -0.102. The van der Waals surface area contributed by atoms with E-state index in [1.54, 1.807) is 57.2 Å². The highest BCUT2D eigenvalue weighted by atomic mass is 32.2. The molecule has 0 spiro atoms. The van der Waals surface area contributed by atoms with Crippen LogP contribution >= 0.6 is 0 Å². The summed E-state index contributed by atoms with van der Waals surface area (Å²) in [4.78, 5) is 22.6. The molecule has 0 aliphatic carbocycles. The minimum Gasteiger partial charge on any atom is -0.444 e. The number of alkyl halides is 3. The van der Waals surface area contributed by atoms with Gasteiger partial charge in [-0.3, -0.25) is 0 Å². The first-order valence-corrected chi connectivity index (χ1v) is 18.1. The normalized spacial score (nSPS) is 19.4. The number of halogens is 3. The second-order valence-corrected chi connectivity index (χ2v) is 16.7. The van der Waals surface area contributed by atoms with Gasteiger partial charge in [0.05, 0.1) is 27.3 Å². The molecule has 2 aliphatic heterocycles. The lowest BCUT2D eigenvalue weighted by Gasteiger charge is -2.34. The Morgan fingerprint density at radius 2 is 1.71 bits per heavy atom. The van der Waals surface area contributed by atoms with Crippen LogP contribution in [0.2, 0.25) is 0 Å². The second-order valence-electron chi connectivity index (χ2n) is 14.9. The van der Waals surface area contributed by atoms with Crippen LogP contribution in [-0.4, -0.2) is 76.4 Å². The molecule has 6 rings (SSSR count). The molecule has 0 unspecified atom stereocenters. The number of hydrogen-bond donors (Lipinski definition) is 1. The summed E-state index contributed by atoms with van der Waals surface area (Å²) >= 11 is 0. The summed E-state index contributed by atoms with van der Waals surface area (Å²) in [6.45, 7) is 13.5. The van der Waals surface area contributed by atoms with Crippen LogP contribution < -0.4 is 10.8 Å². The Hall–Kier alpha value is -4.15. The number of anilines is 1. The molecule has 51 heavy (non-hydrogen) atoms. The zero-order chi connectivity index (χ0) is 37.1. The van der Waals surface area contributed by atoms with Crippen molar-refractivity contribution in [1.29, 1.82) is 0 Å². The summed E-state index contributed by atoms with van der Waals surface area (Å²) in [7, 11) is -5.16. The number of amides is 1. The minimum absolute atomic E-state index is 0.0533. The first kappa shape index (κ1) is 36.6. The van der Waals surface area contributed by atoms with E-state index in [1.807, 2.05) is 27.7 Å². The number of rotatable bonds is 6. The van der Waals surface area contributed by atoms with Gasteiger partial charge in [-0.1, -0.05) is 30.3 Å². The van der Waals surface area contributed by atoms with Crippen molar-refractivity contribution in [2.45, 2.75) is 95.2 Å². The lowest BCUT2D eigenvalue weighted by atomic mass is 9.78. The molecular weight excluding hydrogens is 686 g/mol. The number of ether oxygens (including phenoxy) is 1. The second kappa shape index (κ2) is 12.8. The Balaban J connectivity index is 1.45. The van der Waals surface area contributed by atoms with Crippen LogP contribution in [0.1, 0.15) is 66.9 Å². The highest BCUT2D eigenvalue weighted by molar-refractivity contribution is 7.90.